The first kappa shape index (κ1) is 16.8. The molecular formula is C21H24N2O3. The number of hydrogen-bond donors (Lipinski definition) is 2. The summed E-state index contributed by atoms with van der Waals surface area (Å²) in [7, 11) is 5.50. The number of phenolic OH excluding ortho intramolecular Hbond substituents is 1. The first-order valence-electron chi connectivity index (χ1n) is 8.85. The number of aromatic nitrogens is 1. The molecule has 0 saturated heterocycles. The number of hydrogen-bond acceptors (Lipinski definition) is 4. The van der Waals surface area contributed by atoms with Gasteiger partial charge in [-0.3, -0.25) is 4.90 Å². The van der Waals surface area contributed by atoms with E-state index >= 15 is 0 Å². The second kappa shape index (κ2) is 6.57. The van der Waals surface area contributed by atoms with E-state index in [9.17, 15) is 5.11 Å². The summed E-state index contributed by atoms with van der Waals surface area (Å²) in [6, 6.07) is 11.8. The van der Waals surface area contributed by atoms with Crippen LogP contribution in [0.15, 0.2) is 36.4 Å². The Balaban J connectivity index is 1.78. The monoisotopic (exact) mass is 352 g/mol. The standard InChI is InChI=1S/C21H24N2O3/c1-23-9-8-15-16-11-19(25-2)20(26-3)12-17(16)22-21(15)18(23)10-13-4-6-14(24)7-5-13/h4-7,11-12,18,22,24H,8-10H2,1-3H3. The van der Waals surface area contributed by atoms with E-state index in [1.165, 1.54) is 22.2 Å². The first-order valence-corrected chi connectivity index (χ1v) is 8.85. The van der Waals surface area contributed by atoms with Crippen molar-refractivity contribution in [1.29, 1.82) is 0 Å². The van der Waals surface area contributed by atoms with Crippen LogP contribution in [0, 0.1) is 0 Å². The van der Waals surface area contributed by atoms with Crippen molar-refractivity contribution in [2.45, 2.75) is 18.9 Å². The van der Waals surface area contributed by atoms with Crippen molar-refractivity contribution < 1.29 is 14.6 Å². The minimum Gasteiger partial charge on any atom is -0.508 e. The maximum atomic E-state index is 9.53. The highest BCUT2D eigenvalue weighted by Gasteiger charge is 2.29. The highest BCUT2D eigenvalue weighted by atomic mass is 16.5. The zero-order valence-corrected chi connectivity index (χ0v) is 15.4. The van der Waals surface area contributed by atoms with E-state index in [1.54, 1.807) is 26.4 Å². The fraction of sp³-hybridized carbons (Fsp3) is 0.333. The second-order valence-electron chi connectivity index (χ2n) is 6.89. The third kappa shape index (κ3) is 2.78. The number of likely N-dealkylation sites (N-methyl/N-ethyl adjacent to an activating group) is 1. The lowest BCUT2D eigenvalue weighted by Gasteiger charge is -2.33. The molecule has 1 aliphatic rings. The lowest BCUT2D eigenvalue weighted by atomic mass is 9.93. The molecule has 1 aromatic heterocycles. The topological polar surface area (TPSA) is 57.7 Å². The van der Waals surface area contributed by atoms with E-state index in [-0.39, 0.29) is 6.04 Å². The SMILES string of the molecule is COc1cc2[nH]c3c(c2cc1OC)CCN(C)C3Cc1ccc(O)cc1. The smallest absolute Gasteiger partial charge is 0.162 e. The average molecular weight is 352 g/mol. The average Bonchev–Trinajstić information content (AvgIpc) is 3.02. The van der Waals surface area contributed by atoms with Crippen LogP contribution in [0.25, 0.3) is 10.9 Å². The van der Waals surface area contributed by atoms with E-state index in [4.69, 9.17) is 9.47 Å². The van der Waals surface area contributed by atoms with Gasteiger partial charge in [0.1, 0.15) is 5.75 Å². The van der Waals surface area contributed by atoms with Gasteiger partial charge in [0.05, 0.1) is 20.3 Å². The molecule has 2 heterocycles. The summed E-state index contributed by atoms with van der Waals surface area (Å²) in [5.74, 6) is 1.80. The van der Waals surface area contributed by atoms with Crippen LogP contribution in [0.4, 0.5) is 0 Å². The third-order valence-electron chi connectivity index (χ3n) is 5.39. The molecule has 0 bridgehead atoms. The van der Waals surface area contributed by atoms with Gasteiger partial charge >= 0.3 is 0 Å². The number of aromatic amines is 1. The Morgan fingerprint density at radius 3 is 2.50 bits per heavy atom. The molecule has 4 rings (SSSR count). The number of methoxy groups -OCH3 is 2. The van der Waals surface area contributed by atoms with Gasteiger partial charge in [-0.2, -0.15) is 0 Å². The molecule has 1 aliphatic heterocycles. The molecule has 5 nitrogen and oxygen atoms in total. The molecule has 136 valence electrons. The number of nitrogens with one attached hydrogen (secondary N) is 1. The number of phenols is 1. The summed E-state index contributed by atoms with van der Waals surface area (Å²) >= 11 is 0. The summed E-state index contributed by atoms with van der Waals surface area (Å²) in [5.41, 5.74) is 4.92. The van der Waals surface area contributed by atoms with Crippen molar-refractivity contribution in [3.63, 3.8) is 0 Å². The van der Waals surface area contributed by atoms with E-state index in [0.717, 1.165) is 36.4 Å². The summed E-state index contributed by atoms with van der Waals surface area (Å²) in [6.45, 7) is 1.01. The van der Waals surface area contributed by atoms with Gasteiger partial charge in [-0.15, -0.1) is 0 Å². The predicted octanol–water partition coefficient (Wildman–Crippen LogP) is 3.66. The van der Waals surface area contributed by atoms with Crippen molar-refractivity contribution in [2.24, 2.45) is 0 Å². The van der Waals surface area contributed by atoms with Gasteiger partial charge in [0.25, 0.3) is 0 Å². The summed E-state index contributed by atoms with van der Waals surface area (Å²) in [6.07, 6.45) is 1.90. The number of nitrogens with zero attached hydrogens (tertiary/aromatic N) is 1. The maximum absolute atomic E-state index is 9.53. The molecule has 26 heavy (non-hydrogen) atoms. The molecule has 2 N–H and O–H groups in total. The Labute approximate surface area is 153 Å². The largest absolute Gasteiger partial charge is 0.508 e. The molecular weight excluding hydrogens is 328 g/mol. The fourth-order valence-electron chi connectivity index (χ4n) is 3.93. The Morgan fingerprint density at radius 1 is 1.12 bits per heavy atom. The normalized spacial score (nSPS) is 17.3. The highest BCUT2D eigenvalue weighted by Crippen LogP contribution is 2.40. The minimum absolute atomic E-state index is 0.271. The second-order valence-corrected chi connectivity index (χ2v) is 6.89. The van der Waals surface area contributed by atoms with E-state index < -0.39 is 0 Å². The van der Waals surface area contributed by atoms with E-state index in [0.29, 0.717) is 5.75 Å². The van der Waals surface area contributed by atoms with E-state index in [2.05, 4.69) is 23.0 Å². The molecule has 0 radical (unpaired) electrons. The first-order chi connectivity index (χ1) is 12.6. The maximum Gasteiger partial charge on any atom is 0.162 e. The van der Waals surface area contributed by atoms with Crippen molar-refractivity contribution in [3.8, 4) is 17.2 Å². The minimum atomic E-state index is 0.271. The number of aromatic hydroxyl groups is 1. The Bertz CT molecular complexity index is 931. The van der Waals surface area contributed by atoms with Gasteiger partial charge in [-0.05, 0) is 49.2 Å². The van der Waals surface area contributed by atoms with Crippen molar-refractivity contribution in [3.05, 3.63) is 53.2 Å². The molecule has 0 aliphatic carbocycles. The molecule has 0 fully saturated rings. The number of ether oxygens (including phenoxy) is 2. The third-order valence-corrected chi connectivity index (χ3v) is 5.39. The molecule has 2 aromatic carbocycles. The molecule has 3 aromatic rings. The van der Waals surface area contributed by atoms with Crippen LogP contribution in [-0.4, -0.2) is 42.8 Å². The van der Waals surface area contributed by atoms with Crippen LogP contribution in [0.3, 0.4) is 0 Å². The van der Waals surface area contributed by atoms with Gasteiger partial charge in [-0.25, -0.2) is 0 Å². The zero-order valence-electron chi connectivity index (χ0n) is 15.4. The van der Waals surface area contributed by atoms with Gasteiger partial charge < -0.3 is 19.6 Å². The Kier molecular flexibility index (Phi) is 4.24. The summed E-state index contributed by atoms with van der Waals surface area (Å²) in [4.78, 5) is 6.02. The van der Waals surface area contributed by atoms with Crippen molar-refractivity contribution in [2.75, 3.05) is 27.8 Å². The predicted molar refractivity (Wildman–Crippen MR) is 102 cm³/mol. The van der Waals surface area contributed by atoms with Crippen LogP contribution < -0.4 is 9.47 Å². The van der Waals surface area contributed by atoms with Gasteiger partial charge in [-0.1, -0.05) is 12.1 Å². The number of fused-ring (bicyclic) bond motifs is 3. The van der Waals surface area contributed by atoms with Crippen LogP contribution in [0.5, 0.6) is 17.2 Å². The fourth-order valence-corrected chi connectivity index (χ4v) is 3.93. The van der Waals surface area contributed by atoms with Crippen molar-refractivity contribution in [1.82, 2.24) is 9.88 Å². The lowest BCUT2D eigenvalue weighted by molar-refractivity contribution is 0.226. The summed E-state index contributed by atoms with van der Waals surface area (Å²) in [5, 5.41) is 10.7. The number of H-pyrrole nitrogens is 1. The van der Waals surface area contributed by atoms with Gasteiger partial charge in [0, 0.05) is 29.2 Å². The molecule has 1 atom stereocenters. The number of benzene rings is 2. The number of rotatable bonds is 4. The molecule has 0 spiro atoms. The molecule has 5 heteroatoms. The molecule has 0 saturated carbocycles. The van der Waals surface area contributed by atoms with Crippen LogP contribution in [-0.2, 0) is 12.8 Å². The van der Waals surface area contributed by atoms with Gasteiger partial charge in [0.2, 0.25) is 0 Å². The van der Waals surface area contributed by atoms with Gasteiger partial charge in [0.15, 0.2) is 11.5 Å². The quantitative estimate of drug-likeness (QED) is 0.752. The van der Waals surface area contributed by atoms with Crippen molar-refractivity contribution >= 4 is 10.9 Å². The lowest BCUT2D eigenvalue weighted by Crippen LogP contribution is -2.33. The Hall–Kier alpha value is -2.66. The zero-order chi connectivity index (χ0) is 18.3. The van der Waals surface area contributed by atoms with Crippen LogP contribution in [0.1, 0.15) is 22.9 Å². The summed E-state index contributed by atoms with van der Waals surface area (Å²) < 4.78 is 10.9. The molecule has 1 unspecified atom stereocenters. The Morgan fingerprint density at radius 2 is 1.81 bits per heavy atom. The van der Waals surface area contributed by atoms with E-state index in [1.807, 2.05) is 18.2 Å². The molecule has 0 amide bonds. The van der Waals surface area contributed by atoms with Crippen LogP contribution >= 0.6 is 0 Å². The van der Waals surface area contributed by atoms with Crippen LogP contribution in [0.2, 0.25) is 0 Å². The highest BCUT2D eigenvalue weighted by molar-refractivity contribution is 5.88.